The Morgan fingerprint density at radius 1 is 0.517 bits per heavy atom. The van der Waals surface area contributed by atoms with Gasteiger partial charge < -0.3 is 43.0 Å². The first kappa shape index (κ1) is 37.3. The molecule has 0 saturated carbocycles. The van der Waals surface area contributed by atoms with Gasteiger partial charge in [-0.15, -0.1) is 52.7 Å². The summed E-state index contributed by atoms with van der Waals surface area (Å²) in [5.74, 6) is -15.1. The van der Waals surface area contributed by atoms with Gasteiger partial charge in [0.2, 0.25) is 0 Å². The van der Waals surface area contributed by atoms with Crippen LogP contribution < -0.4 is 37.9 Å². The monoisotopic (exact) mass is 884 g/mol. The number of benzene rings is 4. The van der Waals surface area contributed by atoms with Crippen LogP contribution in [0.15, 0.2) is 60.7 Å². The van der Waals surface area contributed by atoms with E-state index in [2.05, 4.69) is 28.4 Å². The molecule has 0 atom stereocenters. The highest BCUT2D eigenvalue weighted by Gasteiger charge is 2.35. The van der Waals surface area contributed by atoms with E-state index in [1.165, 1.54) is 0 Å². The minimum Gasteiger partial charge on any atom is -0.493 e. The Morgan fingerprint density at radius 3 is 1.17 bits per heavy atom. The summed E-state index contributed by atoms with van der Waals surface area (Å²) in [5.41, 5.74) is -2.35. The zero-order valence-corrected chi connectivity index (χ0v) is 27.7. The van der Waals surface area contributed by atoms with E-state index in [9.17, 15) is 71.1 Å². The molecule has 0 bridgehead atoms. The van der Waals surface area contributed by atoms with Crippen LogP contribution in [0.4, 0.5) is 61.5 Å². The molecule has 0 heterocycles. The van der Waals surface area contributed by atoms with E-state index in [1.54, 1.807) is 0 Å². The van der Waals surface area contributed by atoms with Gasteiger partial charge in [0.15, 0.2) is 23.0 Å². The molecule has 0 saturated heterocycles. The van der Waals surface area contributed by atoms with Gasteiger partial charge in [0, 0.05) is 36.4 Å². The summed E-state index contributed by atoms with van der Waals surface area (Å²) < 4.78 is 253. The van der Waals surface area contributed by atoms with Crippen molar-refractivity contribution in [2.75, 3.05) is 14.1 Å². The maximum Gasteiger partial charge on any atom is 0.573 e. The topological polar surface area (TPSA) is 128 Å². The maximum atomic E-state index is 14.2. The number of halogens is 15. The average molecular weight is 885 g/mol. The molecule has 4 rings (SSSR count). The van der Waals surface area contributed by atoms with Crippen molar-refractivity contribution in [1.82, 2.24) is 0 Å². The second-order valence-electron chi connectivity index (χ2n) is 9.95. The number of alkyl halides is 12. The van der Waals surface area contributed by atoms with Crippen LogP contribution >= 0.6 is 11.6 Å². The lowest BCUT2D eigenvalue weighted by Crippen LogP contribution is -2.18. The Hall–Kier alpha value is -6.27. The number of rotatable bonds is 12. The van der Waals surface area contributed by atoms with Crippen molar-refractivity contribution in [2.45, 2.75) is 25.4 Å². The van der Waals surface area contributed by atoms with E-state index in [1.807, 2.05) is 0 Å². The summed E-state index contributed by atoms with van der Waals surface area (Å²) in [6.07, 6.45) is -20.9. The molecule has 0 fully saturated rings. The Bertz CT molecular complexity index is 2180. The lowest BCUT2D eigenvalue weighted by atomic mass is 10.1. The van der Waals surface area contributed by atoms with E-state index in [-0.39, 0.29) is 12.1 Å². The molecular formula is C32H17ClF14O11. The number of hydrogen-bond donors (Lipinski definition) is 1. The van der Waals surface area contributed by atoms with Crippen LogP contribution in [0, 0.1) is 11.6 Å². The van der Waals surface area contributed by atoms with Gasteiger partial charge in [0.25, 0.3) is 5.24 Å². The van der Waals surface area contributed by atoms with Gasteiger partial charge in [-0.05, 0) is 35.9 Å². The van der Waals surface area contributed by atoms with Crippen LogP contribution in [0.25, 0.3) is 0 Å². The number of aromatic carboxylic acids is 1. The number of carbonyl (C=O) groups is 2. The van der Waals surface area contributed by atoms with Gasteiger partial charge in [0.05, 0.1) is 22.3 Å². The molecule has 0 aromatic heterocycles. The number of methoxy groups -OCH3 is 2. The maximum absolute atomic E-state index is 14.2. The molecule has 0 radical (unpaired) electrons. The van der Waals surface area contributed by atoms with E-state index in [0.717, 1.165) is 0 Å². The molecule has 58 heavy (non-hydrogen) atoms. The van der Waals surface area contributed by atoms with Crippen molar-refractivity contribution in [3.8, 4) is 57.5 Å². The number of carbonyl (C=O) groups excluding carboxylic acids is 1. The minimum atomic E-state index is -5.29. The van der Waals surface area contributed by atoms with Gasteiger partial charge >= 0.3 is 31.4 Å². The van der Waals surface area contributed by atoms with Gasteiger partial charge in [0.1, 0.15) is 57.3 Å². The number of carboxylic acids is 1. The minimum absolute atomic E-state index is 0.101. The molecule has 0 unspecified atom stereocenters. The number of carboxylic acid groups (broad SMARTS) is 1. The SMILES string of the molecule is [2H]C([2H])([2H])Oc1cc(OC(F)(F)F)ccc1Oc1cc(OC(F)(F)F)cc(F)c1C(=O)Cl.[2H]C([2H])([2H])Oc1cc(OC(F)(F)F)ccc1Oc1cc(OC(F)(F)F)cc(F)c1C(=O)O. The summed E-state index contributed by atoms with van der Waals surface area (Å²) in [6.45, 7) is 0. The fraction of sp³-hybridized carbons (Fsp3) is 0.188. The van der Waals surface area contributed by atoms with Crippen LogP contribution in [0.3, 0.4) is 0 Å². The predicted molar refractivity (Wildman–Crippen MR) is 163 cm³/mol. The van der Waals surface area contributed by atoms with E-state index >= 15 is 0 Å². The third-order valence-corrected chi connectivity index (χ3v) is 6.08. The van der Waals surface area contributed by atoms with Gasteiger partial charge in [-0.1, -0.05) is 0 Å². The third-order valence-electron chi connectivity index (χ3n) is 5.89. The van der Waals surface area contributed by atoms with Gasteiger partial charge in [-0.3, -0.25) is 4.79 Å². The fourth-order valence-electron chi connectivity index (χ4n) is 4.00. The lowest BCUT2D eigenvalue weighted by molar-refractivity contribution is -0.275. The fourth-order valence-corrected chi connectivity index (χ4v) is 4.18. The Balaban J connectivity index is 0.000000340. The zero-order chi connectivity index (χ0) is 49.0. The molecule has 0 spiro atoms. The Labute approximate surface area is 326 Å². The highest BCUT2D eigenvalue weighted by atomic mass is 35.5. The first-order valence-corrected chi connectivity index (χ1v) is 14.4. The summed E-state index contributed by atoms with van der Waals surface area (Å²) in [4.78, 5) is 22.8. The average Bonchev–Trinajstić information content (AvgIpc) is 3.02. The van der Waals surface area contributed by atoms with Crippen molar-refractivity contribution in [1.29, 1.82) is 0 Å². The molecule has 0 amide bonds. The smallest absolute Gasteiger partial charge is 0.493 e. The second kappa shape index (κ2) is 17.9. The summed E-state index contributed by atoms with van der Waals surface area (Å²) in [5, 5.41) is 7.60. The van der Waals surface area contributed by atoms with Crippen molar-refractivity contribution in [3.05, 3.63) is 83.4 Å². The third kappa shape index (κ3) is 14.0. The van der Waals surface area contributed by atoms with Crippen molar-refractivity contribution in [3.63, 3.8) is 0 Å². The zero-order valence-electron chi connectivity index (χ0n) is 33.0. The Morgan fingerprint density at radius 2 is 0.845 bits per heavy atom. The first-order valence-electron chi connectivity index (χ1n) is 17.0. The molecule has 316 valence electrons. The van der Waals surface area contributed by atoms with E-state index in [0.29, 0.717) is 48.5 Å². The van der Waals surface area contributed by atoms with Crippen LogP contribution in [0.2, 0.25) is 0 Å². The van der Waals surface area contributed by atoms with Crippen molar-refractivity contribution in [2.24, 2.45) is 0 Å². The largest absolute Gasteiger partial charge is 0.573 e. The highest BCUT2D eigenvalue weighted by Crippen LogP contribution is 2.42. The van der Waals surface area contributed by atoms with Crippen LogP contribution in [0.5, 0.6) is 57.5 Å². The summed E-state index contributed by atoms with van der Waals surface area (Å²) in [7, 11) is -6.48. The molecule has 26 heteroatoms. The Kier molecular flexibility index (Phi) is 11.5. The number of hydrogen-bond acceptors (Lipinski definition) is 10. The molecular weight excluding hydrogens is 862 g/mol. The molecule has 4 aromatic rings. The quantitative estimate of drug-likeness (QED) is 0.108. The second-order valence-corrected chi connectivity index (χ2v) is 10.3. The lowest BCUT2D eigenvalue weighted by Gasteiger charge is -2.16. The molecule has 0 aliphatic heterocycles. The predicted octanol–water partition coefficient (Wildman–Crippen LogP) is 10.9. The molecule has 0 aliphatic rings. The van der Waals surface area contributed by atoms with Gasteiger partial charge in [-0.25, -0.2) is 13.6 Å². The van der Waals surface area contributed by atoms with Crippen molar-refractivity contribution < 1.29 is 122 Å². The van der Waals surface area contributed by atoms with E-state index < -0.39 is 131 Å². The van der Waals surface area contributed by atoms with Crippen LogP contribution in [-0.2, 0) is 0 Å². The van der Waals surface area contributed by atoms with E-state index in [4.69, 9.17) is 34.4 Å². The first-order chi connectivity index (χ1) is 28.9. The van der Waals surface area contributed by atoms with Crippen LogP contribution in [-0.4, -0.2) is 55.8 Å². The van der Waals surface area contributed by atoms with Crippen molar-refractivity contribution >= 4 is 22.8 Å². The molecule has 11 nitrogen and oxygen atoms in total. The summed E-state index contributed by atoms with van der Waals surface area (Å²) in [6, 6.07) is 4.35. The highest BCUT2D eigenvalue weighted by molar-refractivity contribution is 6.68. The standard InChI is InChI=1S/C16H8ClF7O5.C16H9F7O6/c1-26-11-5-7(28-15(19,20)21)2-3-10(11)27-12-6-8(29-16(22,23)24)4-9(18)13(12)14(17)25;1-26-11-5-7(28-15(18,19)20)2-3-10(11)27-12-6-8(29-16(21,22)23)4-9(17)13(12)14(24)25/h2-6H,1H3;2-6H,1H3,(H,24,25)/i2*1D3. The molecule has 1 N–H and O–H groups in total. The normalized spacial score (nSPS) is 13.7. The molecule has 4 aromatic carbocycles. The van der Waals surface area contributed by atoms with Crippen LogP contribution in [0.1, 0.15) is 28.9 Å². The molecule has 0 aliphatic carbocycles. The summed E-state index contributed by atoms with van der Waals surface area (Å²) >= 11 is 5.22. The number of ether oxygens (including phenoxy) is 8. The van der Waals surface area contributed by atoms with Gasteiger partial charge in [-0.2, -0.15) is 0 Å².